The molecular weight excluding hydrogens is 254 g/mol. The van der Waals surface area contributed by atoms with Crippen molar-refractivity contribution in [1.82, 2.24) is 20.2 Å². The Morgan fingerprint density at radius 3 is 2.60 bits per heavy atom. The largest absolute Gasteiger partial charge is 0.338 e. The van der Waals surface area contributed by atoms with Gasteiger partial charge in [-0.25, -0.2) is 9.97 Å². The maximum atomic E-state index is 11.2. The van der Waals surface area contributed by atoms with Gasteiger partial charge in [0.05, 0.1) is 5.69 Å². The average Bonchev–Trinajstić information content (AvgIpc) is 2.82. The monoisotopic (exact) mass is 267 g/mol. The van der Waals surface area contributed by atoms with E-state index >= 15 is 0 Å². The van der Waals surface area contributed by atoms with Crippen LogP contribution in [0.5, 0.6) is 0 Å². The van der Waals surface area contributed by atoms with E-state index in [2.05, 4.69) is 25.5 Å². The van der Waals surface area contributed by atoms with Crippen LogP contribution in [0.4, 0.5) is 11.5 Å². The second-order valence-corrected chi connectivity index (χ2v) is 4.53. The quantitative estimate of drug-likeness (QED) is 0.713. The molecule has 0 radical (unpaired) electrons. The lowest BCUT2D eigenvalue weighted by Gasteiger charge is -2.06. The van der Waals surface area contributed by atoms with E-state index < -0.39 is 0 Å². The van der Waals surface area contributed by atoms with Crippen LogP contribution in [0.2, 0.25) is 0 Å². The molecule has 0 amide bonds. The van der Waals surface area contributed by atoms with Crippen molar-refractivity contribution in [2.24, 2.45) is 0 Å². The summed E-state index contributed by atoms with van der Waals surface area (Å²) in [5.74, 6) is 0.679. The number of fused-ring (bicyclic) bond motifs is 1. The molecule has 0 fully saturated rings. The fourth-order valence-corrected chi connectivity index (χ4v) is 1.97. The van der Waals surface area contributed by atoms with Gasteiger partial charge in [-0.2, -0.15) is 5.10 Å². The maximum absolute atomic E-state index is 11.2. The van der Waals surface area contributed by atoms with E-state index in [1.54, 1.807) is 19.1 Å². The highest BCUT2D eigenvalue weighted by Gasteiger charge is 2.09. The van der Waals surface area contributed by atoms with Crippen molar-refractivity contribution in [3.05, 3.63) is 41.9 Å². The molecular formula is C14H13N5O. The molecule has 2 N–H and O–H groups in total. The molecule has 3 rings (SSSR count). The summed E-state index contributed by atoms with van der Waals surface area (Å²) in [6.45, 7) is 3.46. The number of hydrogen-bond acceptors (Lipinski definition) is 5. The third-order valence-electron chi connectivity index (χ3n) is 3.07. The molecule has 0 aliphatic rings. The van der Waals surface area contributed by atoms with Crippen LogP contribution in [-0.2, 0) is 0 Å². The number of aromatic nitrogens is 4. The molecule has 20 heavy (non-hydrogen) atoms. The van der Waals surface area contributed by atoms with Crippen LogP contribution in [0, 0.1) is 6.92 Å². The molecule has 0 atom stereocenters. The highest BCUT2D eigenvalue weighted by atomic mass is 16.1. The van der Waals surface area contributed by atoms with E-state index in [1.165, 1.54) is 6.33 Å². The Hall–Kier alpha value is -2.76. The molecule has 0 saturated carbocycles. The van der Waals surface area contributed by atoms with Crippen LogP contribution in [0.25, 0.3) is 11.0 Å². The van der Waals surface area contributed by atoms with E-state index in [0.717, 1.165) is 16.9 Å². The summed E-state index contributed by atoms with van der Waals surface area (Å²) in [7, 11) is 0. The van der Waals surface area contributed by atoms with Crippen molar-refractivity contribution in [3.63, 3.8) is 0 Å². The molecule has 0 bridgehead atoms. The predicted molar refractivity (Wildman–Crippen MR) is 76.1 cm³/mol. The topological polar surface area (TPSA) is 83.6 Å². The van der Waals surface area contributed by atoms with Gasteiger partial charge in [-0.3, -0.25) is 9.89 Å². The molecule has 2 aromatic heterocycles. The zero-order valence-electron chi connectivity index (χ0n) is 11.1. The molecule has 0 unspecified atom stereocenters. The van der Waals surface area contributed by atoms with E-state index in [9.17, 15) is 4.79 Å². The zero-order valence-corrected chi connectivity index (χ0v) is 11.1. The molecule has 2 heterocycles. The Kier molecular flexibility index (Phi) is 2.90. The van der Waals surface area contributed by atoms with Crippen LogP contribution >= 0.6 is 0 Å². The van der Waals surface area contributed by atoms with Gasteiger partial charge in [0, 0.05) is 11.3 Å². The first-order chi connectivity index (χ1) is 9.65. The van der Waals surface area contributed by atoms with Gasteiger partial charge in [-0.15, -0.1) is 0 Å². The molecule has 1 aromatic carbocycles. The van der Waals surface area contributed by atoms with Gasteiger partial charge in [0.1, 0.15) is 11.8 Å². The normalized spacial score (nSPS) is 10.7. The summed E-state index contributed by atoms with van der Waals surface area (Å²) in [4.78, 5) is 19.6. The first-order valence-electron chi connectivity index (χ1n) is 6.19. The second kappa shape index (κ2) is 4.73. The number of carbonyl (C=O) groups excluding carboxylic acids is 1. The molecule has 6 nitrogen and oxygen atoms in total. The number of nitrogens with one attached hydrogen (secondary N) is 2. The maximum Gasteiger partial charge on any atom is 0.162 e. The SMILES string of the molecule is CC(=O)c1ccc(Nc2ncnc3c(C)[nH]nc23)cc1. The number of rotatable bonds is 3. The minimum absolute atomic E-state index is 0.0453. The molecule has 0 saturated heterocycles. The van der Waals surface area contributed by atoms with Gasteiger partial charge in [0.25, 0.3) is 0 Å². The van der Waals surface area contributed by atoms with Gasteiger partial charge >= 0.3 is 0 Å². The third-order valence-corrected chi connectivity index (χ3v) is 3.07. The number of anilines is 2. The third kappa shape index (κ3) is 2.11. The fourth-order valence-electron chi connectivity index (χ4n) is 1.97. The number of hydrogen-bond donors (Lipinski definition) is 2. The minimum atomic E-state index is 0.0453. The number of Topliss-reactive ketones (excluding diaryl/α,β-unsaturated/α-hetero) is 1. The van der Waals surface area contributed by atoms with Gasteiger partial charge in [-0.1, -0.05) is 0 Å². The summed E-state index contributed by atoms with van der Waals surface area (Å²) in [6, 6.07) is 7.23. The summed E-state index contributed by atoms with van der Waals surface area (Å²) < 4.78 is 0. The number of H-pyrrole nitrogens is 1. The van der Waals surface area contributed by atoms with Crippen LogP contribution in [-0.4, -0.2) is 25.9 Å². The molecule has 0 aliphatic carbocycles. The molecule has 100 valence electrons. The Balaban J connectivity index is 1.95. The minimum Gasteiger partial charge on any atom is -0.338 e. The number of aromatic amines is 1. The first-order valence-corrected chi connectivity index (χ1v) is 6.19. The van der Waals surface area contributed by atoms with Gasteiger partial charge in [-0.05, 0) is 38.1 Å². The first kappa shape index (κ1) is 12.3. The lowest BCUT2D eigenvalue weighted by molar-refractivity contribution is 0.101. The van der Waals surface area contributed by atoms with Crippen molar-refractivity contribution in [3.8, 4) is 0 Å². The number of ketones is 1. The second-order valence-electron chi connectivity index (χ2n) is 4.53. The standard InChI is InChI=1S/C14H13N5O/c1-8-12-13(19-18-8)14(16-7-15-12)17-11-5-3-10(4-6-11)9(2)20/h3-7H,1-2H3,(H,18,19)(H,15,16,17). The predicted octanol–water partition coefficient (Wildman–Crippen LogP) is 2.61. The Morgan fingerprint density at radius 2 is 1.90 bits per heavy atom. The summed E-state index contributed by atoms with van der Waals surface area (Å²) in [6.07, 6.45) is 1.50. The van der Waals surface area contributed by atoms with Crippen LogP contribution in [0.15, 0.2) is 30.6 Å². The Bertz CT molecular complexity index is 776. The molecule has 6 heteroatoms. The highest BCUT2D eigenvalue weighted by molar-refractivity contribution is 5.94. The zero-order chi connectivity index (χ0) is 14.1. The smallest absolute Gasteiger partial charge is 0.162 e. The molecule has 3 aromatic rings. The number of aryl methyl sites for hydroxylation is 1. The number of carbonyl (C=O) groups is 1. The Labute approximate surface area is 115 Å². The van der Waals surface area contributed by atoms with Gasteiger partial charge in [0.15, 0.2) is 17.1 Å². The van der Waals surface area contributed by atoms with Gasteiger partial charge in [0.2, 0.25) is 0 Å². The van der Waals surface area contributed by atoms with Gasteiger partial charge < -0.3 is 5.32 Å². The van der Waals surface area contributed by atoms with Crippen molar-refractivity contribution < 1.29 is 4.79 Å². The van der Waals surface area contributed by atoms with Crippen LogP contribution in [0.3, 0.4) is 0 Å². The summed E-state index contributed by atoms with van der Waals surface area (Å²) >= 11 is 0. The van der Waals surface area contributed by atoms with Crippen LogP contribution in [0.1, 0.15) is 23.0 Å². The summed E-state index contributed by atoms with van der Waals surface area (Å²) in [5.41, 5.74) is 3.91. The fraction of sp³-hybridized carbons (Fsp3) is 0.143. The van der Waals surface area contributed by atoms with E-state index in [-0.39, 0.29) is 5.78 Å². The lowest BCUT2D eigenvalue weighted by Crippen LogP contribution is -1.97. The van der Waals surface area contributed by atoms with Crippen molar-refractivity contribution in [2.45, 2.75) is 13.8 Å². The molecule has 0 aliphatic heterocycles. The summed E-state index contributed by atoms with van der Waals surface area (Å²) in [5, 5.41) is 10.3. The van der Waals surface area contributed by atoms with Crippen molar-refractivity contribution >= 4 is 28.3 Å². The van der Waals surface area contributed by atoms with Crippen molar-refractivity contribution in [1.29, 1.82) is 0 Å². The highest BCUT2D eigenvalue weighted by Crippen LogP contribution is 2.22. The lowest BCUT2D eigenvalue weighted by atomic mass is 10.1. The average molecular weight is 267 g/mol. The number of nitrogens with zero attached hydrogens (tertiary/aromatic N) is 3. The van der Waals surface area contributed by atoms with E-state index in [0.29, 0.717) is 16.9 Å². The molecule has 0 spiro atoms. The Morgan fingerprint density at radius 1 is 1.15 bits per heavy atom. The van der Waals surface area contributed by atoms with E-state index in [4.69, 9.17) is 0 Å². The van der Waals surface area contributed by atoms with Crippen molar-refractivity contribution in [2.75, 3.05) is 5.32 Å². The van der Waals surface area contributed by atoms with Crippen LogP contribution < -0.4 is 5.32 Å². The van der Waals surface area contributed by atoms with E-state index in [1.807, 2.05) is 19.1 Å². The number of benzene rings is 1.